The standard InChI is InChI=1S/C46H30/c1-28-22-24-34-42(26-28)46(41-25-23-30-27-29-12-2-3-13-31(29)43(30)44(34)41)39-20-10-8-18-37(39)45(38-19-9-11-21-40(38)46)35-16-6-4-14-32(35)33-15-5-7-17-36(33)45/h2-26H,27H2,1H3. The summed E-state index contributed by atoms with van der Waals surface area (Å²) in [6, 6.07) is 58.2. The normalized spacial score (nSPS) is 15.8. The Kier molecular flexibility index (Phi) is 4.54. The van der Waals surface area contributed by atoms with E-state index in [9.17, 15) is 0 Å². The van der Waals surface area contributed by atoms with Gasteiger partial charge in [-0.15, -0.1) is 0 Å². The average Bonchev–Trinajstić information content (AvgIpc) is 3.73. The van der Waals surface area contributed by atoms with Crippen molar-refractivity contribution in [1.29, 1.82) is 0 Å². The van der Waals surface area contributed by atoms with Crippen LogP contribution in [0.2, 0.25) is 0 Å². The SMILES string of the molecule is Cc1ccc2c(c1)C1(c3ccccc3C3(c4ccccc4-c4ccccc43)c3ccccc31)c1ccc3c(c1-2)-c1ccccc1C3. The Morgan fingerprint density at radius 2 is 0.848 bits per heavy atom. The third-order valence-electron chi connectivity index (χ3n) is 11.6. The highest BCUT2D eigenvalue weighted by molar-refractivity contribution is 6.01. The molecule has 214 valence electrons. The molecule has 4 aliphatic rings. The number of aryl methyl sites for hydroxylation is 1. The maximum absolute atomic E-state index is 2.49. The first kappa shape index (κ1) is 24.8. The summed E-state index contributed by atoms with van der Waals surface area (Å²) < 4.78 is 0. The molecule has 0 aliphatic heterocycles. The molecule has 4 aliphatic carbocycles. The second-order valence-corrected chi connectivity index (χ2v) is 13.6. The van der Waals surface area contributed by atoms with E-state index in [4.69, 9.17) is 0 Å². The Morgan fingerprint density at radius 1 is 0.348 bits per heavy atom. The van der Waals surface area contributed by atoms with Crippen molar-refractivity contribution in [3.05, 3.63) is 213 Å². The minimum Gasteiger partial charge on any atom is -0.0619 e. The van der Waals surface area contributed by atoms with E-state index in [0.717, 1.165) is 6.42 Å². The van der Waals surface area contributed by atoms with Gasteiger partial charge in [0.05, 0.1) is 10.8 Å². The van der Waals surface area contributed by atoms with Crippen LogP contribution in [-0.2, 0) is 17.3 Å². The van der Waals surface area contributed by atoms with Gasteiger partial charge in [-0.3, -0.25) is 0 Å². The summed E-state index contributed by atoms with van der Waals surface area (Å²) in [7, 11) is 0. The molecule has 0 amide bonds. The van der Waals surface area contributed by atoms with Gasteiger partial charge < -0.3 is 0 Å². The average molecular weight is 583 g/mol. The largest absolute Gasteiger partial charge is 0.0720 e. The topological polar surface area (TPSA) is 0 Å². The molecule has 0 N–H and O–H groups in total. The summed E-state index contributed by atoms with van der Waals surface area (Å²) in [5, 5.41) is 0. The molecule has 0 radical (unpaired) electrons. The van der Waals surface area contributed by atoms with Crippen molar-refractivity contribution in [2.75, 3.05) is 0 Å². The lowest BCUT2D eigenvalue weighted by Crippen LogP contribution is -2.43. The molecular formula is C46H30. The van der Waals surface area contributed by atoms with Crippen LogP contribution in [0.15, 0.2) is 152 Å². The van der Waals surface area contributed by atoms with E-state index < -0.39 is 10.8 Å². The van der Waals surface area contributed by atoms with E-state index in [1.165, 1.54) is 94.6 Å². The minimum atomic E-state index is -0.436. The molecule has 7 aromatic rings. The Balaban J connectivity index is 1.35. The van der Waals surface area contributed by atoms with E-state index in [2.05, 4.69) is 159 Å². The Hall–Kier alpha value is -5.46. The summed E-state index contributed by atoms with van der Waals surface area (Å²) in [6.07, 6.45) is 0.997. The number of fused-ring (bicyclic) bond motifs is 20. The Labute approximate surface area is 269 Å². The van der Waals surface area contributed by atoms with Crippen molar-refractivity contribution in [2.45, 2.75) is 24.2 Å². The van der Waals surface area contributed by atoms with Gasteiger partial charge in [-0.1, -0.05) is 157 Å². The molecule has 0 bridgehead atoms. The molecule has 2 spiro atoms. The zero-order valence-corrected chi connectivity index (χ0v) is 25.6. The highest BCUT2D eigenvalue weighted by Crippen LogP contribution is 2.68. The molecule has 0 fully saturated rings. The van der Waals surface area contributed by atoms with Crippen LogP contribution in [0.4, 0.5) is 0 Å². The van der Waals surface area contributed by atoms with Gasteiger partial charge in [0.25, 0.3) is 0 Å². The first-order valence-corrected chi connectivity index (χ1v) is 16.5. The van der Waals surface area contributed by atoms with Crippen molar-refractivity contribution in [1.82, 2.24) is 0 Å². The summed E-state index contributed by atoms with van der Waals surface area (Å²) in [6.45, 7) is 2.25. The Morgan fingerprint density at radius 3 is 1.46 bits per heavy atom. The van der Waals surface area contributed by atoms with Gasteiger partial charge in [-0.2, -0.15) is 0 Å². The van der Waals surface area contributed by atoms with Crippen molar-refractivity contribution in [3.8, 4) is 33.4 Å². The minimum absolute atomic E-state index is 0.401. The number of hydrogen-bond donors (Lipinski definition) is 0. The molecule has 11 rings (SSSR count). The van der Waals surface area contributed by atoms with Gasteiger partial charge in [0.2, 0.25) is 0 Å². The third kappa shape index (κ3) is 2.64. The lowest BCUT2D eigenvalue weighted by atomic mass is 9.52. The first-order valence-electron chi connectivity index (χ1n) is 16.5. The predicted molar refractivity (Wildman–Crippen MR) is 188 cm³/mol. The third-order valence-corrected chi connectivity index (χ3v) is 11.6. The van der Waals surface area contributed by atoms with Gasteiger partial charge in [-0.05, 0) is 102 Å². The van der Waals surface area contributed by atoms with Crippen LogP contribution in [0.5, 0.6) is 0 Å². The van der Waals surface area contributed by atoms with Crippen LogP contribution in [-0.4, -0.2) is 0 Å². The summed E-state index contributed by atoms with van der Waals surface area (Å²) in [4.78, 5) is 0. The summed E-state index contributed by atoms with van der Waals surface area (Å²) in [5.41, 5.74) is 22.8. The number of benzene rings is 7. The summed E-state index contributed by atoms with van der Waals surface area (Å²) in [5.74, 6) is 0. The molecule has 0 unspecified atom stereocenters. The van der Waals surface area contributed by atoms with E-state index in [0.29, 0.717) is 0 Å². The van der Waals surface area contributed by atoms with Crippen molar-refractivity contribution < 1.29 is 0 Å². The molecular weight excluding hydrogens is 553 g/mol. The van der Waals surface area contributed by atoms with Crippen LogP contribution >= 0.6 is 0 Å². The van der Waals surface area contributed by atoms with Crippen molar-refractivity contribution in [3.63, 3.8) is 0 Å². The molecule has 0 atom stereocenters. The van der Waals surface area contributed by atoms with Crippen molar-refractivity contribution >= 4 is 0 Å². The van der Waals surface area contributed by atoms with Crippen LogP contribution in [0.3, 0.4) is 0 Å². The lowest BCUT2D eigenvalue weighted by molar-refractivity contribution is 0.632. The molecule has 46 heavy (non-hydrogen) atoms. The maximum atomic E-state index is 2.49. The smallest absolute Gasteiger partial charge is 0.0619 e. The van der Waals surface area contributed by atoms with Gasteiger partial charge in [0.1, 0.15) is 0 Å². The lowest BCUT2D eigenvalue weighted by Gasteiger charge is -2.49. The molecule has 0 heteroatoms. The summed E-state index contributed by atoms with van der Waals surface area (Å²) >= 11 is 0. The van der Waals surface area contributed by atoms with Crippen LogP contribution in [0.1, 0.15) is 61.2 Å². The first-order chi connectivity index (χ1) is 22.7. The maximum Gasteiger partial charge on any atom is 0.0720 e. The number of rotatable bonds is 0. The fourth-order valence-corrected chi connectivity index (χ4v) is 10.1. The second kappa shape index (κ2) is 8.42. The molecule has 0 saturated carbocycles. The van der Waals surface area contributed by atoms with Crippen LogP contribution in [0, 0.1) is 6.92 Å². The van der Waals surface area contributed by atoms with Gasteiger partial charge in [0.15, 0.2) is 0 Å². The van der Waals surface area contributed by atoms with Gasteiger partial charge in [0, 0.05) is 0 Å². The van der Waals surface area contributed by atoms with Crippen molar-refractivity contribution in [2.24, 2.45) is 0 Å². The zero-order chi connectivity index (χ0) is 30.2. The van der Waals surface area contributed by atoms with Crippen LogP contribution < -0.4 is 0 Å². The number of hydrogen-bond acceptors (Lipinski definition) is 0. The zero-order valence-electron chi connectivity index (χ0n) is 25.6. The fourth-order valence-electron chi connectivity index (χ4n) is 10.1. The highest BCUT2D eigenvalue weighted by Gasteiger charge is 2.59. The molecule has 7 aromatic carbocycles. The van der Waals surface area contributed by atoms with E-state index in [1.807, 2.05) is 0 Å². The van der Waals surface area contributed by atoms with Crippen LogP contribution in [0.25, 0.3) is 33.4 Å². The molecule has 0 nitrogen and oxygen atoms in total. The molecule has 0 heterocycles. The van der Waals surface area contributed by atoms with Gasteiger partial charge >= 0.3 is 0 Å². The fraction of sp³-hybridized carbons (Fsp3) is 0.0870. The van der Waals surface area contributed by atoms with E-state index in [1.54, 1.807) is 0 Å². The second-order valence-electron chi connectivity index (χ2n) is 13.6. The van der Waals surface area contributed by atoms with E-state index >= 15 is 0 Å². The molecule has 0 aromatic heterocycles. The predicted octanol–water partition coefficient (Wildman–Crippen LogP) is 10.6. The quantitative estimate of drug-likeness (QED) is 0.167. The highest BCUT2D eigenvalue weighted by atomic mass is 14.6. The monoisotopic (exact) mass is 582 g/mol. The van der Waals surface area contributed by atoms with Gasteiger partial charge in [-0.25, -0.2) is 0 Å². The Bertz CT molecular complexity index is 2380. The molecule has 0 saturated heterocycles. The van der Waals surface area contributed by atoms with E-state index in [-0.39, 0.29) is 0 Å².